The van der Waals surface area contributed by atoms with Crippen LogP contribution in [0.5, 0.6) is 0 Å². The molecular weight excluding hydrogens is 226 g/mol. The van der Waals surface area contributed by atoms with Gasteiger partial charge in [-0.25, -0.2) is 4.98 Å². The number of hydrogen-bond acceptors (Lipinski definition) is 3. The Balaban J connectivity index is 2.76. The van der Waals surface area contributed by atoms with Gasteiger partial charge in [0.05, 0.1) is 6.33 Å². The summed E-state index contributed by atoms with van der Waals surface area (Å²) in [6.45, 7) is 9.36. The second-order valence-electron chi connectivity index (χ2n) is 4.89. The van der Waals surface area contributed by atoms with Gasteiger partial charge in [0.1, 0.15) is 5.02 Å². The van der Waals surface area contributed by atoms with Crippen LogP contribution in [0, 0.1) is 11.3 Å². The Kier molecular flexibility index (Phi) is 3.97. The summed E-state index contributed by atoms with van der Waals surface area (Å²) in [6, 6.07) is 0. The second-order valence-corrected chi connectivity index (χ2v) is 5.27. The molecule has 1 aromatic rings. The molecule has 0 amide bonds. The summed E-state index contributed by atoms with van der Waals surface area (Å²) >= 11 is 5.83. The third-order valence-corrected chi connectivity index (χ3v) is 3.42. The summed E-state index contributed by atoms with van der Waals surface area (Å²) in [6.07, 6.45) is 1.35. The zero-order chi connectivity index (χ0) is 12.3. The highest BCUT2D eigenvalue weighted by Gasteiger charge is 2.22. The Morgan fingerprint density at radius 1 is 1.56 bits per heavy atom. The fraction of sp³-hybridized carbons (Fsp3) is 0.636. The number of aromatic nitrogens is 2. The predicted molar refractivity (Wildman–Crippen MR) is 67.0 cm³/mol. The predicted octanol–water partition coefficient (Wildman–Crippen LogP) is 2.52. The van der Waals surface area contributed by atoms with Crippen LogP contribution in [0.1, 0.15) is 27.7 Å². The van der Waals surface area contributed by atoms with Crippen LogP contribution in [0.15, 0.2) is 11.1 Å². The van der Waals surface area contributed by atoms with Crippen molar-refractivity contribution in [1.82, 2.24) is 9.97 Å². The first-order chi connectivity index (χ1) is 7.34. The van der Waals surface area contributed by atoms with E-state index in [0.717, 1.165) is 6.54 Å². The smallest absolute Gasteiger partial charge is 0.271 e. The van der Waals surface area contributed by atoms with Crippen molar-refractivity contribution in [2.75, 3.05) is 11.9 Å². The van der Waals surface area contributed by atoms with Gasteiger partial charge >= 0.3 is 0 Å². The van der Waals surface area contributed by atoms with Crippen LogP contribution in [0.4, 0.5) is 5.82 Å². The maximum atomic E-state index is 11.2. The molecule has 0 saturated carbocycles. The molecule has 0 fully saturated rings. The molecule has 0 aliphatic heterocycles. The number of halogens is 1. The Morgan fingerprint density at radius 3 is 2.75 bits per heavy atom. The van der Waals surface area contributed by atoms with E-state index in [1.54, 1.807) is 0 Å². The fourth-order valence-corrected chi connectivity index (χ4v) is 1.19. The summed E-state index contributed by atoms with van der Waals surface area (Å²) in [7, 11) is 0. The van der Waals surface area contributed by atoms with Crippen molar-refractivity contribution in [2.24, 2.45) is 11.3 Å². The highest BCUT2D eigenvalue weighted by Crippen LogP contribution is 2.26. The molecule has 0 atom stereocenters. The summed E-state index contributed by atoms with van der Waals surface area (Å²) in [5.41, 5.74) is -0.199. The number of anilines is 1. The zero-order valence-corrected chi connectivity index (χ0v) is 10.9. The van der Waals surface area contributed by atoms with Crippen molar-refractivity contribution in [3.8, 4) is 0 Å². The highest BCUT2D eigenvalue weighted by atomic mass is 35.5. The van der Waals surface area contributed by atoms with Crippen molar-refractivity contribution in [3.05, 3.63) is 21.7 Å². The number of nitrogens with one attached hydrogen (secondary N) is 2. The molecule has 1 aromatic heterocycles. The van der Waals surface area contributed by atoms with Crippen molar-refractivity contribution in [3.63, 3.8) is 0 Å². The van der Waals surface area contributed by atoms with Crippen LogP contribution in [0.25, 0.3) is 0 Å². The fourth-order valence-electron chi connectivity index (χ4n) is 1.02. The second kappa shape index (κ2) is 4.87. The standard InChI is InChI=1S/C11H18ClN3O/c1-7(2)11(3,4)5-13-9-8(12)10(16)15-6-14-9/h6-7H,5H2,1-4H3,(H2,13,14,15,16). The van der Waals surface area contributed by atoms with Crippen molar-refractivity contribution < 1.29 is 0 Å². The van der Waals surface area contributed by atoms with Gasteiger partial charge in [-0.2, -0.15) is 0 Å². The topological polar surface area (TPSA) is 57.8 Å². The lowest BCUT2D eigenvalue weighted by Crippen LogP contribution is -2.29. The first kappa shape index (κ1) is 13.0. The van der Waals surface area contributed by atoms with Crippen LogP contribution in [-0.2, 0) is 0 Å². The van der Waals surface area contributed by atoms with Gasteiger partial charge in [0.25, 0.3) is 5.56 Å². The minimum absolute atomic E-state index is 0.113. The normalized spacial score (nSPS) is 11.9. The van der Waals surface area contributed by atoms with Gasteiger partial charge in [-0.1, -0.05) is 39.3 Å². The molecule has 0 spiro atoms. The molecule has 5 heteroatoms. The molecule has 0 aliphatic carbocycles. The Bertz CT molecular complexity index is 412. The SMILES string of the molecule is CC(C)C(C)(C)CNc1nc[nH]c(=O)c1Cl. The monoisotopic (exact) mass is 243 g/mol. The number of nitrogens with zero attached hydrogens (tertiary/aromatic N) is 1. The van der Waals surface area contributed by atoms with Crippen molar-refractivity contribution in [1.29, 1.82) is 0 Å². The van der Waals surface area contributed by atoms with E-state index >= 15 is 0 Å². The lowest BCUT2D eigenvalue weighted by atomic mass is 9.81. The van der Waals surface area contributed by atoms with Gasteiger partial charge in [-0.05, 0) is 11.3 Å². The number of rotatable bonds is 4. The van der Waals surface area contributed by atoms with Gasteiger partial charge in [0.2, 0.25) is 0 Å². The molecule has 1 heterocycles. The third-order valence-electron chi connectivity index (χ3n) is 3.07. The van der Waals surface area contributed by atoms with Gasteiger partial charge in [-0.15, -0.1) is 0 Å². The minimum Gasteiger partial charge on any atom is -0.368 e. The first-order valence-electron chi connectivity index (χ1n) is 5.31. The summed E-state index contributed by atoms with van der Waals surface area (Å²) in [5, 5.41) is 3.23. The lowest BCUT2D eigenvalue weighted by Gasteiger charge is -2.29. The number of H-pyrrole nitrogens is 1. The zero-order valence-electron chi connectivity index (χ0n) is 10.1. The molecule has 90 valence electrons. The van der Waals surface area contributed by atoms with Gasteiger partial charge in [0, 0.05) is 6.54 Å². The Morgan fingerprint density at radius 2 is 2.19 bits per heavy atom. The quantitative estimate of drug-likeness (QED) is 0.854. The highest BCUT2D eigenvalue weighted by molar-refractivity contribution is 6.32. The molecule has 0 aliphatic rings. The van der Waals surface area contributed by atoms with E-state index in [2.05, 4.69) is 43.0 Å². The van der Waals surface area contributed by atoms with Crippen LogP contribution in [-0.4, -0.2) is 16.5 Å². The lowest BCUT2D eigenvalue weighted by molar-refractivity contribution is 0.269. The minimum atomic E-state index is -0.318. The molecule has 1 rings (SSSR count). The van der Waals surface area contributed by atoms with Crippen LogP contribution in [0.3, 0.4) is 0 Å². The van der Waals surface area contributed by atoms with Crippen LogP contribution < -0.4 is 10.9 Å². The molecule has 0 bridgehead atoms. The van der Waals surface area contributed by atoms with Crippen molar-refractivity contribution >= 4 is 17.4 Å². The Labute approximate surface area is 100 Å². The van der Waals surface area contributed by atoms with Gasteiger partial charge in [-0.3, -0.25) is 4.79 Å². The van der Waals surface area contributed by atoms with E-state index in [1.807, 2.05) is 0 Å². The van der Waals surface area contributed by atoms with Gasteiger partial charge < -0.3 is 10.3 Å². The average Bonchev–Trinajstić information content (AvgIpc) is 2.20. The van der Waals surface area contributed by atoms with E-state index in [1.165, 1.54) is 6.33 Å². The largest absolute Gasteiger partial charge is 0.368 e. The average molecular weight is 244 g/mol. The van der Waals surface area contributed by atoms with E-state index < -0.39 is 0 Å². The summed E-state index contributed by atoms with van der Waals surface area (Å²) in [4.78, 5) is 17.7. The number of hydrogen-bond donors (Lipinski definition) is 2. The molecule has 4 nitrogen and oxygen atoms in total. The van der Waals surface area contributed by atoms with E-state index in [9.17, 15) is 4.79 Å². The molecule has 0 saturated heterocycles. The molecule has 0 unspecified atom stereocenters. The molecule has 0 aromatic carbocycles. The summed E-state index contributed by atoms with van der Waals surface area (Å²) in [5.74, 6) is 0.972. The maximum Gasteiger partial charge on any atom is 0.271 e. The van der Waals surface area contributed by atoms with Crippen LogP contribution in [0.2, 0.25) is 5.02 Å². The van der Waals surface area contributed by atoms with Crippen molar-refractivity contribution in [2.45, 2.75) is 27.7 Å². The molecule has 0 radical (unpaired) electrons. The number of aromatic amines is 1. The maximum absolute atomic E-state index is 11.2. The first-order valence-corrected chi connectivity index (χ1v) is 5.69. The molecular formula is C11H18ClN3O. The van der Waals surface area contributed by atoms with Gasteiger partial charge in [0.15, 0.2) is 5.82 Å². The third kappa shape index (κ3) is 2.98. The molecule has 2 N–H and O–H groups in total. The summed E-state index contributed by atoms with van der Waals surface area (Å²) < 4.78 is 0. The van der Waals surface area contributed by atoms with Crippen LogP contribution >= 0.6 is 11.6 Å². The van der Waals surface area contributed by atoms with E-state index in [4.69, 9.17) is 11.6 Å². The van der Waals surface area contributed by atoms with E-state index in [0.29, 0.717) is 11.7 Å². The van der Waals surface area contributed by atoms with E-state index in [-0.39, 0.29) is 16.0 Å². The Hall–Kier alpha value is -1.03. The molecule has 16 heavy (non-hydrogen) atoms.